The third-order valence-electron chi connectivity index (χ3n) is 4.28. The highest BCUT2D eigenvalue weighted by atomic mass is 19.4. The second-order valence-corrected chi connectivity index (χ2v) is 5.90. The largest absolute Gasteiger partial charge is 0.408 e. The van der Waals surface area contributed by atoms with Crippen molar-refractivity contribution in [1.29, 1.82) is 0 Å². The third kappa shape index (κ3) is 3.99. The molecule has 7 heteroatoms. The molecular formula is C18H18F3N3O. The SMILES string of the molecule is O=C(c1ccccn1)N1CCN([C@H](c2ccccc2)C(F)(F)F)CC1. The Bertz CT molecular complexity index is 699. The highest BCUT2D eigenvalue weighted by molar-refractivity contribution is 5.92. The molecule has 2 heterocycles. The van der Waals surface area contributed by atoms with Gasteiger partial charge in [0, 0.05) is 32.4 Å². The highest BCUT2D eigenvalue weighted by Crippen LogP contribution is 2.38. The number of amides is 1. The van der Waals surface area contributed by atoms with Crippen LogP contribution in [0.2, 0.25) is 0 Å². The third-order valence-corrected chi connectivity index (χ3v) is 4.28. The number of carbonyl (C=O) groups excluding carboxylic acids is 1. The Morgan fingerprint density at radius 3 is 2.16 bits per heavy atom. The maximum Gasteiger partial charge on any atom is 0.408 e. The van der Waals surface area contributed by atoms with E-state index in [1.165, 1.54) is 23.2 Å². The maximum atomic E-state index is 13.6. The van der Waals surface area contributed by atoms with Crippen LogP contribution >= 0.6 is 0 Å². The normalized spacial score (nSPS) is 17.3. The van der Waals surface area contributed by atoms with Gasteiger partial charge in [-0.05, 0) is 17.7 Å². The summed E-state index contributed by atoms with van der Waals surface area (Å²) in [4.78, 5) is 19.3. The molecule has 1 amide bonds. The first kappa shape index (κ1) is 17.4. The van der Waals surface area contributed by atoms with Crippen LogP contribution in [-0.4, -0.2) is 53.0 Å². The topological polar surface area (TPSA) is 36.4 Å². The summed E-state index contributed by atoms with van der Waals surface area (Å²) in [6.07, 6.45) is -2.84. The molecule has 0 N–H and O–H groups in total. The van der Waals surface area contributed by atoms with Gasteiger partial charge in [0.05, 0.1) is 0 Å². The smallest absolute Gasteiger partial charge is 0.335 e. The van der Waals surface area contributed by atoms with Gasteiger partial charge in [-0.25, -0.2) is 0 Å². The van der Waals surface area contributed by atoms with Gasteiger partial charge in [-0.2, -0.15) is 13.2 Å². The molecule has 0 spiro atoms. The van der Waals surface area contributed by atoms with Crippen molar-refractivity contribution in [3.63, 3.8) is 0 Å². The van der Waals surface area contributed by atoms with E-state index in [0.717, 1.165) is 0 Å². The molecule has 0 aliphatic carbocycles. The molecule has 0 saturated carbocycles. The van der Waals surface area contributed by atoms with Gasteiger partial charge in [0.15, 0.2) is 0 Å². The van der Waals surface area contributed by atoms with Crippen LogP contribution in [0.15, 0.2) is 54.7 Å². The summed E-state index contributed by atoms with van der Waals surface area (Å²) in [7, 11) is 0. The predicted octanol–water partition coefficient (Wildman–Crippen LogP) is 3.14. The fourth-order valence-corrected chi connectivity index (χ4v) is 3.08. The number of alkyl halides is 3. The molecule has 1 aromatic carbocycles. The summed E-state index contributed by atoms with van der Waals surface area (Å²) >= 11 is 0. The highest BCUT2D eigenvalue weighted by Gasteiger charge is 2.45. The summed E-state index contributed by atoms with van der Waals surface area (Å²) in [5.41, 5.74) is 0.533. The molecule has 1 aromatic heterocycles. The minimum Gasteiger partial charge on any atom is -0.335 e. The van der Waals surface area contributed by atoms with Crippen molar-refractivity contribution >= 4 is 5.91 Å². The van der Waals surface area contributed by atoms with Crippen LogP contribution in [0.5, 0.6) is 0 Å². The van der Waals surface area contributed by atoms with E-state index < -0.39 is 12.2 Å². The van der Waals surface area contributed by atoms with Gasteiger partial charge in [0.2, 0.25) is 0 Å². The van der Waals surface area contributed by atoms with Gasteiger partial charge in [-0.15, -0.1) is 0 Å². The van der Waals surface area contributed by atoms with Crippen LogP contribution in [-0.2, 0) is 0 Å². The van der Waals surface area contributed by atoms with Crippen LogP contribution in [0.3, 0.4) is 0 Å². The lowest BCUT2D eigenvalue weighted by Crippen LogP contribution is -2.52. The van der Waals surface area contributed by atoms with Gasteiger partial charge >= 0.3 is 6.18 Å². The molecule has 4 nitrogen and oxygen atoms in total. The van der Waals surface area contributed by atoms with E-state index in [9.17, 15) is 18.0 Å². The molecule has 132 valence electrons. The lowest BCUT2D eigenvalue weighted by Gasteiger charge is -2.40. The van der Waals surface area contributed by atoms with Crippen molar-refractivity contribution in [3.05, 3.63) is 66.0 Å². The Balaban J connectivity index is 1.71. The summed E-state index contributed by atoms with van der Waals surface area (Å²) in [6.45, 7) is 0.818. The average molecular weight is 349 g/mol. The molecule has 25 heavy (non-hydrogen) atoms. The second-order valence-electron chi connectivity index (χ2n) is 5.90. The number of nitrogens with zero attached hydrogens (tertiary/aromatic N) is 3. The number of hydrogen-bond acceptors (Lipinski definition) is 3. The van der Waals surface area contributed by atoms with Gasteiger partial charge in [0.25, 0.3) is 5.91 Å². The van der Waals surface area contributed by atoms with Crippen LogP contribution in [0.1, 0.15) is 22.1 Å². The van der Waals surface area contributed by atoms with Gasteiger partial charge in [-0.1, -0.05) is 36.4 Å². The minimum absolute atomic E-state index is 0.164. The molecule has 1 saturated heterocycles. The fourth-order valence-electron chi connectivity index (χ4n) is 3.08. The first-order valence-electron chi connectivity index (χ1n) is 8.03. The number of pyridine rings is 1. The summed E-state index contributed by atoms with van der Waals surface area (Å²) < 4.78 is 40.7. The number of hydrogen-bond donors (Lipinski definition) is 0. The zero-order valence-electron chi connectivity index (χ0n) is 13.5. The van der Waals surface area contributed by atoms with Crippen LogP contribution in [0.4, 0.5) is 13.2 Å². The molecule has 0 radical (unpaired) electrons. The molecule has 1 aliphatic rings. The second kappa shape index (κ2) is 7.23. The molecule has 3 rings (SSSR count). The average Bonchev–Trinajstić information content (AvgIpc) is 2.62. The lowest BCUT2D eigenvalue weighted by molar-refractivity contribution is -0.189. The van der Waals surface area contributed by atoms with E-state index in [0.29, 0.717) is 5.69 Å². The van der Waals surface area contributed by atoms with Crippen molar-refractivity contribution in [3.8, 4) is 0 Å². The number of aromatic nitrogens is 1. The van der Waals surface area contributed by atoms with E-state index in [1.807, 2.05) is 0 Å². The Morgan fingerprint density at radius 2 is 1.60 bits per heavy atom. The Labute approximate surface area is 143 Å². The van der Waals surface area contributed by atoms with Crippen molar-refractivity contribution in [2.24, 2.45) is 0 Å². The Hall–Kier alpha value is -2.41. The summed E-state index contributed by atoms with van der Waals surface area (Å²) in [5.74, 6) is -0.247. The van der Waals surface area contributed by atoms with E-state index in [1.54, 1.807) is 41.3 Å². The van der Waals surface area contributed by atoms with E-state index in [-0.39, 0.29) is 37.6 Å². The first-order valence-corrected chi connectivity index (χ1v) is 8.03. The molecule has 1 aliphatic heterocycles. The molecule has 0 unspecified atom stereocenters. The van der Waals surface area contributed by atoms with Crippen LogP contribution in [0, 0.1) is 0 Å². The molecule has 0 bridgehead atoms. The number of piperazine rings is 1. The minimum atomic E-state index is -4.37. The number of benzene rings is 1. The molecule has 2 aromatic rings. The fraction of sp³-hybridized carbons (Fsp3) is 0.333. The van der Waals surface area contributed by atoms with E-state index in [4.69, 9.17) is 0 Å². The molecule has 1 fully saturated rings. The Kier molecular flexibility index (Phi) is 5.03. The summed E-state index contributed by atoms with van der Waals surface area (Å²) in [5, 5.41) is 0. The van der Waals surface area contributed by atoms with E-state index in [2.05, 4.69) is 4.98 Å². The number of carbonyl (C=O) groups is 1. The Morgan fingerprint density at radius 1 is 0.960 bits per heavy atom. The molecule has 1 atom stereocenters. The number of halogens is 3. The van der Waals surface area contributed by atoms with Crippen molar-refractivity contribution in [2.45, 2.75) is 12.2 Å². The predicted molar refractivity (Wildman–Crippen MR) is 87.0 cm³/mol. The van der Waals surface area contributed by atoms with Crippen molar-refractivity contribution < 1.29 is 18.0 Å². The first-order chi connectivity index (χ1) is 12.0. The van der Waals surface area contributed by atoms with Gasteiger partial charge in [-0.3, -0.25) is 14.7 Å². The zero-order valence-corrected chi connectivity index (χ0v) is 13.5. The lowest BCUT2D eigenvalue weighted by atomic mass is 10.0. The maximum absolute atomic E-state index is 13.6. The van der Waals surface area contributed by atoms with Crippen LogP contribution in [0.25, 0.3) is 0 Å². The van der Waals surface area contributed by atoms with Gasteiger partial charge < -0.3 is 4.90 Å². The summed E-state index contributed by atoms with van der Waals surface area (Å²) in [6, 6.07) is 11.3. The number of rotatable bonds is 3. The standard InChI is InChI=1S/C18H18F3N3O/c19-18(20,21)16(14-6-2-1-3-7-14)23-10-12-24(13-11-23)17(25)15-8-4-5-9-22-15/h1-9,16H,10-13H2/t16-/m1/s1. The van der Waals surface area contributed by atoms with Gasteiger partial charge in [0.1, 0.15) is 11.7 Å². The monoisotopic (exact) mass is 349 g/mol. The van der Waals surface area contributed by atoms with Crippen LogP contribution < -0.4 is 0 Å². The van der Waals surface area contributed by atoms with E-state index >= 15 is 0 Å². The zero-order chi connectivity index (χ0) is 17.9. The van der Waals surface area contributed by atoms with Crippen molar-refractivity contribution in [1.82, 2.24) is 14.8 Å². The van der Waals surface area contributed by atoms with Crippen molar-refractivity contribution in [2.75, 3.05) is 26.2 Å². The quantitative estimate of drug-likeness (QED) is 0.854. The molecular weight excluding hydrogens is 331 g/mol.